The summed E-state index contributed by atoms with van der Waals surface area (Å²) in [5, 5.41) is 22.8. The van der Waals surface area contributed by atoms with Gasteiger partial charge in [-0.2, -0.15) is 24.1 Å². The van der Waals surface area contributed by atoms with Gasteiger partial charge in [-0.3, -0.25) is 14.4 Å². The number of benzene rings is 6. The number of carbonyl (C=O) groups excluding carboxylic acids is 3. The van der Waals surface area contributed by atoms with E-state index in [-0.39, 0.29) is 63.0 Å². The zero-order valence-corrected chi connectivity index (χ0v) is 62.6. The molecule has 0 fully saturated rings. The third-order valence-corrected chi connectivity index (χ3v) is 18.2. The summed E-state index contributed by atoms with van der Waals surface area (Å²) in [7, 11) is 3.63. The van der Waals surface area contributed by atoms with Crippen LogP contribution in [0.5, 0.6) is 17.2 Å². The standard InChI is InChI=1S/2C26H22ClFN6O3.C25H23ClF3N5O3/c2*1-14-7-19(25-29-12-31-34(25)3)17-5-4-6-23(24(17)32-14)37-10-20-18(8-16(28)9-21(20)27)15(2)33-26(35)22-11-36-13-30-22;1-13-7-21(34-15(3)30-12-31-34)17-5-4-6-22(24(17)32-13)36-10-19-18(8-16(27)9-20(19)26)14(2)33-23(35)11-37-25(28)29/h2*4-9,11-13,15H,10H2,1-3H3,(H,33,35);4-9,12,14,25H,10-11H2,1-3H3,(H,33,35)/t2*15-;14-/m000/s1/i15D;;14D. The first kappa shape index (κ1) is 75.5. The fourth-order valence-corrected chi connectivity index (χ4v) is 12.9. The molecule has 0 aliphatic carbocycles. The number of oxazole rings is 2. The third-order valence-electron chi connectivity index (χ3n) is 17.2. The lowest BCUT2D eigenvalue weighted by Crippen LogP contribution is -2.31. The summed E-state index contributed by atoms with van der Waals surface area (Å²) in [5.41, 5.74) is 8.25. The Morgan fingerprint density at radius 3 is 1.36 bits per heavy atom. The van der Waals surface area contributed by atoms with E-state index < -0.39 is 66.5 Å². The molecule has 14 aromatic rings. The number of amides is 3. The van der Waals surface area contributed by atoms with Gasteiger partial charge in [0.2, 0.25) is 5.91 Å². The third kappa shape index (κ3) is 18.2. The predicted molar refractivity (Wildman–Crippen MR) is 400 cm³/mol. The zero-order valence-electron chi connectivity index (χ0n) is 62.4. The van der Waals surface area contributed by atoms with Crippen LogP contribution in [0.3, 0.4) is 0 Å². The fourth-order valence-electron chi connectivity index (χ4n) is 12.1. The Morgan fingerprint density at radius 1 is 0.523 bits per heavy atom. The molecule has 3 atom stereocenters. The van der Waals surface area contributed by atoms with E-state index in [0.717, 1.165) is 87.7 Å². The van der Waals surface area contributed by atoms with Crippen LogP contribution in [-0.4, -0.2) is 100 Å². The minimum atomic E-state index is -3.16. The molecule has 0 spiro atoms. The van der Waals surface area contributed by atoms with Crippen LogP contribution in [0.2, 0.25) is 15.1 Å². The van der Waals surface area contributed by atoms with Gasteiger partial charge in [0.1, 0.15) is 115 Å². The summed E-state index contributed by atoms with van der Waals surface area (Å²) in [6.45, 7) is 7.37. The average Bonchev–Trinajstić information content (AvgIpc) is 1.78. The Bertz CT molecular complexity index is 5880. The number of rotatable bonds is 23. The first-order chi connectivity index (χ1) is 53.9. The quantitative estimate of drug-likeness (QED) is 0.0501. The monoisotopic (exact) mass is 1580 g/mol. The Balaban J connectivity index is 0.000000157. The Morgan fingerprint density at radius 2 is 0.937 bits per heavy atom. The van der Waals surface area contributed by atoms with E-state index >= 15 is 0 Å². The SMILES string of the molecule is Cc1cc(-c2ncnn2C)c2cccc(OCc3c(Cl)cc(F)cc3[C@H](C)NC(=O)c3cocn3)c2n1.[2H][C@@](C)(NC(=O)COC(F)F)c1cc(F)cc(Cl)c1COc1cccc2c(-n3ncnc3C)cc(C)nc12.[2H][C@@](C)(NC(=O)c1cocn1)c1cc(F)cc(Cl)c1COc1cccc2c(-c3ncnn3C)cc(C)nc12. The summed E-state index contributed by atoms with van der Waals surface area (Å²) < 4.78 is 122. The highest BCUT2D eigenvalue weighted by Gasteiger charge is 2.26. The number of carbonyl (C=O) groups is 3. The van der Waals surface area contributed by atoms with Crippen molar-refractivity contribution >= 4 is 85.2 Å². The Hall–Kier alpha value is -12.3. The summed E-state index contributed by atoms with van der Waals surface area (Å²) in [4.78, 5) is 71.6. The molecule has 8 aromatic heterocycles. The van der Waals surface area contributed by atoms with E-state index in [1.165, 1.54) is 51.2 Å². The lowest BCUT2D eigenvalue weighted by atomic mass is 10.0. The number of halogens is 8. The number of alkyl halides is 2. The van der Waals surface area contributed by atoms with Gasteiger partial charge in [-0.1, -0.05) is 71.2 Å². The number of hydrogen-bond acceptors (Lipinski definition) is 20. The van der Waals surface area contributed by atoms with E-state index in [4.69, 9.17) is 65.6 Å². The molecular weight excluding hydrogens is 1510 g/mol. The molecule has 0 saturated heterocycles. The van der Waals surface area contributed by atoms with Crippen LogP contribution in [0.25, 0.3) is 61.2 Å². The maximum atomic E-state index is 14.4. The second-order valence-corrected chi connectivity index (χ2v) is 26.1. The summed E-state index contributed by atoms with van der Waals surface area (Å²) in [6, 6.07) is 24.8. The molecule has 8 heterocycles. The molecule has 3 amide bonds. The Kier molecular flexibility index (Phi) is 23.5. The predicted octanol–water partition coefficient (Wildman–Crippen LogP) is 15.6. The summed E-state index contributed by atoms with van der Waals surface area (Å²) >= 11 is 19.2. The lowest BCUT2D eigenvalue weighted by Gasteiger charge is -2.20. The molecule has 6 aromatic carbocycles. The van der Waals surface area contributed by atoms with Gasteiger partial charge in [0, 0.05) is 75.2 Å². The number of fused-ring (bicyclic) bond motifs is 3. The molecule has 0 saturated carbocycles. The number of pyridine rings is 3. The highest BCUT2D eigenvalue weighted by molar-refractivity contribution is 6.32. The molecule has 0 unspecified atom stereocenters. The molecule has 0 bridgehead atoms. The molecule has 3 N–H and O–H groups in total. The van der Waals surface area contributed by atoms with Crippen molar-refractivity contribution in [1.29, 1.82) is 0 Å². The number of ether oxygens (including phenoxy) is 4. The normalized spacial score (nSPS) is 12.9. The van der Waals surface area contributed by atoms with Crippen molar-refractivity contribution in [2.45, 2.75) is 93.0 Å². The Labute approximate surface area is 647 Å². The minimum absolute atomic E-state index is 0.0142. The summed E-state index contributed by atoms with van der Waals surface area (Å²) in [6.07, 6.45) is 9.07. The summed E-state index contributed by atoms with van der Waals surface area (Å²) in [5.74, 6) is -0.607. The van der Waals surface area contributed by atoms with Crippen molar-refractivity contribution in [3.8, 4) is 45.7 Å². The van der Waals surface area contributed by atoms with Crippen LogP contribution >= 0.6 is 34.8 Å². The van der Waals surface area contributed by atoms with Gasteiger partial charge < -0.3 is 43.7 Å². The van der Waals surface area contributed by atoms with Gasteiger partial charge in [0.15, 0.2) is 35.8 Å². The number of aromatic nitrogens is 14. The van der Waals surface area contributed by atoms with Gasteiger partial charge in [0.05, 0.1) is 41.6 Å². The van der Waals surface area contributed by atoms with Crippen LogP contribution in [0.1, 0.15) is 119 Å². The lowest BCUT2D eigenvalue weighted by molar-refractivity contribution is -0.152. The first-order valence-electron chi connectivity index (χ1n) is 34.6. The van der Waals surface area contributed by atoms with Gasteiger partial charge in [-0.15, -0.1) is 0 Å². The van der Waals surface area contributed by atoms with Crippen LogP contribution < -0.4 is 30.2 Å². The first-order valence-corrected chi connectivity index (χ1v) is 34.8. The van der Waals surface area contributed by atoms with Gasteiger partial charge in [-0.05, 0) is 138 Å². The maximum absolute atomic E-state index is 14.4. The molecule has 0 radical (unpaired) electrons. The fraction of sp³-hybridized carbons (Fsp3) is 0.221. The number of hydrogen-bond donors (Lipinski definition) is 3. The smallest absolute Gasteiger partial charge is 0.345 e. The molecule has 0 aliphatic heterocycles. The van der Waals surface area contributed by atoms with Gasteiger partial charge in [0.25, 0.3) is 11.8 Å². The van der Waals surface area contributed by atoms with Gasteiger partial charge >= 0.3 is 6.61 Å². The molecule has 26 nitrogen and oxygen atoms in total. The van der Waals surface area contributed by atoms with E-state index in [9.17, 15) is 36.3 Å². The van der Waals surface area contributed by atoms with E-state index in [1.54, 1.807) is 39.2 Å². The number of aryl methyl sites for hydroxylation is 6. The van der Waals surface area contributed by atoms with Crippen LogP contribution in [0.15, 0.2) is 162 Å². The highest BCUT2D eigenvalue weighted by Crippen LogP contribution is 2.39. The van der Waals surface area contributed by atoms with Gasteiger partial charge in [-0.25, -0.2) is 67.1 Å². The van der Waals surface area contributed by atoms with Crippen LogP contribution in [-0.2, 0) is 43.4 Å². The van der Waals surface area contributed by atoms with E-state index in [1.807, 2.05) is 96.4 Å². The number of para-hydroxylation sites is 3. The second-order valence-electron chi connectivity index (χ2n) is 24.9. The van der Waals surface area contributed by atoms with Crippen molar-refractivity contribution in [2.24, 2.45) is 14.1 Å². The van der Waals surface area contributed by atoms with Crippen LogP contribution in [0, 0.1) is 45.1 Å². The van der Waals surface area contributed by atoms with Crippen molar-refractivity contribution in [3.05, 3.63) is 254 Å². The molecule has 0 aliphatic rings. The molecular formula is C77H67Cl3F5N17O9. The number of nitrogens with zero attached hydrogens (tertiary/aromatic N) is 14. The average molecular weight is 1580 g/mol. The molecule has 34 heteroatoms. The highest BCUT2D eigenvalue weighted by atomic mass is 35.5. The minimum Gasteiger partial charge on any atom is -0.487 e. The zero-order chi connectivity index (χ0) is 80.7. The van der Waals surface area contributed by atoms with Crippen molar-refractivity contribution in [3.63, 3.8) is 0 Å². The topological polar surface area (TPSA) is 307 Å². The largest absolute Gasteiger partial charge is 0.487 e. The molecule has 14 rings (SSSR count). The molecule has 111 heavy (non-hydrogen) atoms. The van der Waals surface area contributed by atoms with E-state index in [0.29, 0.717) is 73.7 Å². The van der Waals surface area contributed by atoms with Crippen LogP contribution in [0.4, 0.5) is 22.0 Å². The number of nitrogens with one attached hydrogen (secondary N) is 3. The van der Waals surface area contributed by atoms with Crippen molar-refractivity contribution in [2.75, 3.05) is 6.61 Å². The maximum Gasteiger partial charge on any atom is 0.345 e. The van der Waals surface area contributed by atoms with E-state index in [2.05, 4.69) is 70.9 Å². The molecule has 570 valence electrons. The van der Waals surface area contributed by atoms with Crippen molar-refractivity contribution < 1.29 is 66.9 Å². The van der Waals surface area contributed by atoms with Crippen molar-refractivity contribution in [1.82, 2.24) is 85.2 Å². The second kappa shape index (κ2) is 34.5.